The maximum atomic E-state index is 6.24. The molecule has 0 fully saturated rings. The summed E-state index contributed by atoms with van der Waals surface area (Å²) in [5.41, 5.74) is 1.10. The summed E-state index contributed by atoms with van der Waals surface area (Å²) in [7, 11) is 0. The van der Waals surface area contributed by atoms with Crippen LogP contribution in [0.1, 0.15) is 5.56 Å². The zero-order valence-corrected chi connectivity index (χ0v) is 11.5. The SMILES string of the molecule is ClC(=C[I-]c1ccccc1)c1ccccc1. The molecule has 0 aliphatic heterocycles. The maximum absolute atomic E-state index is 6.24. The first-order chi connectivity index (χ1) is 7.86. The first-order valence-electron chi connectivity index (χ1n) is 4.96. The van der Waals surface area contributed by atoms with Crippen molar-refractivity contribution < 1.29 is 21.2 Å². The third-order valence-electron chi connectivity index (χ3n) is 2.06. The first-order valence-corrected chi connectivity index (χ1v) is 7.66. The van der Waals surface area contributed by atoms with Crippen LogP contribution in [0.5, 0.6) is 0 Å². The molecule has 0 bridgehead atoms. The summed E-state index contributed by atoms with van der Waals surface area (Å²) in [6, 6.07) is 20.6. The van der Waals surface area contributed by atoms with Crippen LogP contribution in [0.3, 0.4) is 0 Å². The van der Waals surface area contributed by atoms with E-state index in [9.17, 15) is 0 Å². The van der Waals surface area contributed by atoms with Crippen LogP contribution in [0.4, 0.5) is 0 Å². The van der Waals surface area contributed by atoms with Gasteiger partial charge in [-0.15, -0.1) is 0 Å². The van der Waals surface area contributed by atoms with Crippen LogP contribution in [0, 0.1) is 3.57 Å². The zero-order valence-electron chi connectivity index (χ0n) is 8.61. The Balaban J connectivity index is 2.09. The van der Waals surface area contributed by atoms with Crippen LogP contribution in [0.25, 0.3) is 5.03 Å². The molecule has 2 aromatic rings. The summed E-state index contributed by atoms with van der Waals surface area (Å²) >= 11 is 6.11. The van der Waals surface area contributed by atoms with E-state index in [1.807, 2.05) is 36.4 Å². The number of rotatable bonds is 3. The molecule has 0 nitrogen and oxygen atoms in total. The molecule has 0 N–H and O–H groups in total. The average Bonchev–Trinajstić information content (AvgIpc) is 2.38. The van der Waals surface area contributed by atoms with Crippen molar-refractivity contribution >= 4 is 16.6 Å². The molecular formula is C14H11ClI-. The summed E-state index contributed by atoms with van der Waals surface area (Å²) in [5, 5.41) is 0.859. The van der Waals surface area contributed by atoms with Crippen molar-refractivity contribution in [2.75, 3.05) is 0 Å². The van der Waals surface area contributed by atoms with Gasteiger partial charge >= 0.3 is 112 Å². The molecule has 0 radical (unpaired) electrons. The molecule has 82 valence electrons. The summed E-state index contributed by atoms with van der Waals surface area (Å²) in [5.74, 6) is 0. The van der Waals surface area contributed by atoms with Crippen molar-refractivity contribution in [1.82, 2.24) is 0 Å². The van der Waals surface area contributed by atoms with Gasteiger partial charge in [-0.1, -0.05) is 0 Å². The zero-order chi connectivity index (χ0) is 11.2. The fraction of sp³-hybridized carbons (Fsp3) is 0. The van der Waals surface area contributed by atoms with Gasteiger partial charge < -0.3 is 0 Å². The Morgan fingerprint density at radius 2 is 1.44 bits per heavy atom. The Hall–Kier alpha value is -0.800. The van der Waals surface area contributed by atoms with Gasteiger partial charge in [0.1, 0.15) is 0 Å². The van der Waals surface area contributed by atoms with E-state index in [4.69, 9.17) is 11.6 Å². The molecule has 0 atom stereocenters. The molecule has 0 heterocycles. The van der Waals surface area contributed by atoms with Gasteiger partial charge in [0.05, 0.1) is 0 Å². The van der Waals surface area contributed by atoms with Gasteiger partial charge in [0, 0.05) is 0 Å². The van der Waals surface area contributed by atoms with E-state index in [2.05, 4.69) is 28.3 Å². The van der Waals surface area contributed by atoms with Crippen molar-refractivity contribution in [3.05, 3.63) is 73.9 Å². The van der Waals surface area contributed by atoms with Crippen LogP contribution in [0.2, 0.25) is 0 Å². The molecule has 0 aromatic heterocycles. The van der Waals surface area contributed by atoms with Crippen molar-refractivity contribution in [3.8, 4) is 0 Å². The summed E-state index contributed by atoms with van der Waals surface area (Å²) in [6.45, 7) is 0. The predicted octanol–water partition coefficient (Wildman–Crippen LogP) is 1.18. The molecule has 0 saturated carbocycles. The first kappa shape index (κ1) is 11.7. The molecule has 0 aliphatic carbocycles. The van der Waals surface area contributed by atoms with Crippen LogP contribution in [0.15, 0.2) is 64.7 Å². The minimum absolute atomic E-state index is 0.133. The van der Waals surface area contributed by atoms with E-state index in [1.54, 1.807) is 0 Å². The van der Waals surface area contributed by atoms with E-state index in [0.717, 1.165) is 10.6 Å². The fourth-order valence-electron chi connectivity index (χ4n) is 1.26. The molecular weight excluding hydrogens is 331 g/mol. The van der Waals surface area contributed by atoms with E-state index in [0.29, 0.717) is 0 Å². The number of halogens is 2. The molecule has 2 rings (SSSR count). The molecule has 0 spiro atoms. The second-order valence-corrected chi connectivity index (χ2v) is 6.13. The molecule has 0 unspecified atom stereocenters. The van der Waals surface area contributed by atoms with E-state index < -0.39 is 0 Å². The third-order valence-corrected chi connectivity index (χ3v) is 5.13. The Labute approximate surface area is 111 Å². The topological polar surface area (TPSA) is 0 Å². The number of hydrogen-bond donors (Lipinski definition) is 0. The van der Waals surface area contributed by atoms with Gasteiger partial charge in [-0.3, -0.25) is 0 Å². The van der Waals surface area contributed by atoms with Crippen molar-refractivity contribution in [2.24, 2.45) is 0 Å². The van der Waals surface area contributed by atoms with Crippen LogP contribution >= 0.6 is 11.6 Å². The average molecular weight is 342 g/mol. The quantitative estimate of drug-likeness (QED) is 0.736. The number of hydrogen-bond acceptors (Lipinski definition) is 0. The molecule has 16 heavy (non-hydrogen) atoms. The van der Waals surface area contributed by atoms with Gasteiger partial charge in [-0.25, -0.2) is 0 Å². The summed E-state index contributed by atoms with van der Waals surface area (Å²) < 4.78 is 3.54. The standard InChI is InChI=1S/C14H11ClI/c15-14(12-7-3-1-4-8-12)11-16-13-9-5-2-6-10-13/h1-11H/q-1. The summed E-state index contributed by atoms with van der Waals surface area (Å²) in [4.78, 5) is 0. The summed E-state index contributed by atoms with van der Waals surface area (Å²) in [6.07, 6.45) is 0. The van der Waals surface area contributed by atoms with Crippen molar-refractivity contribution in [2.45, 2.75) is 0 Å². The van der Waals surface area contributed by atoms with Gasteiger partial charge in [-0.05, 0) is 0 Å². The molecule has 0 aliphatic rings. The second kappa shape index (κ2) is 6.06. The van der Waals surface area contributed by atoms with Gasteiger partial charge in [0.2, 0.25) is 0 Å². The second-order valence-electron chi connectivity index (χ2n) is 3.23. The molecule has 0 amide bonds. The Kier molecular flexibility index (Phi) is 4.43. The minimum atomic E-state index is -0.133. The van der Waals surface area contributed by atoms with Gasteiger partial charge in [-0.2, -0.15) is 0 Å². The van der Waals surface area contributed by atoms with E-state index in [1.165, 1.54) is 3.57 Å². The molecule has 0 saturated heterocycles. The molecule has 2 heteroatoms. The predicted molar refractivity (Wildman–Crippen MR) is 65.4 cm³/mol. The van der Waals surface area contributed by atoms with Crippen LogP contribution in [-0.2, 0) is 0 Å². The van der Waals surface area contributed by atoms with Crippen molar-refractivity contribution in [3.63, 3.8) is 0 Å². The Morgan fingerprint density at radius 3 is 2.06 bits per heavy atom. The normalized spacial score (nSPS) is 11.7. The van der Waals surface area contributed by atoms with E-state index >= 15 is 0 Å². The van der Waals surface area contributed by atoms with Gasteiger partial charge in [0.25, 0.3) is 0 Å². The Morgan fingerprint density at radius 1 is 0.875 bits per heavy atom. The third kappa shape index (κ3) is 3.35. The molecule has 2 aromatic carbocycles. The van der Waals surface area contributed by atoms with Crippen molar-refractivity contribution in [1.29, 1.82) is 0 Å². The van der Waals surface area contributed by atoms with Crippen LogP contribution in [-0.4, -0.2) is 0 Å². The number of benzene rings is 2. The van der Waals surface area contributed by atoms with Gasteiger partial charge in [0.15, 0.2) is 0 Å². The van der Waals surface area contributed by atoms with E-state index in [-0.39, 0.29) is 21.2 Å². The Bertz CT molecular complexity index is 463. The fourth-order valence-corrected chi connectivity index (χ4v) is 3.48. The monoisotopic (exact) mass is 341 g/mol. The van der Waals surface area contributed by atoms with Crippen LogP contribution < -0.4 is 21.2 Å².